The van der Waals surface area contributed by atoms with E-state index in [4.69, 9.17) is 14.2 Å². The summed E-state index contributed by atoms with van der Waals surface area (Å²) in [5.74, 6) is 0.918. The minimum atomic E-state index is -0.939. The molecule has 1 heterocycles. The van der Waals surface area contributed by atoms with E-state index < -0.39 is 6.09 Å². The van der Waals surface area contributed by atoms with Crippen LogP contribution in [0.25, 0.3) is 0 Å². The average Bonchev–Trinajstić information content (AvgIpc) is 3.03. The quantitative estimate of drug-likeness (QED) is 0.221. The molecule has 0 bridgehead atoms. The van der Waals surface area contributed by atoms with Crippen LogP contribution in [0.15, 0.2) is 103 Å². The van der Waals surface area contributed by atoms with Crippen LogP contribution in [0.2, 0.25) is 0 Å². The van der Waals surface area contributed by atoms with Gasteiger partial charge in [0.1, 0.15) is 19.8 Å². The normalized spacial score (nSPS) is 13.3. The van der Waals surface area contributed by atoms with Gasteiger partial charge in [-0.3, -0.25) is 4.79 Å². The van der Waals surface area contributed by atoms with Crippen molar-refractivity contribution in [2.24, 2.45) is 0 Å². The third-order valence-electron chi connectivity index (χ3n) is 7.08. The van der Waals surface area contributed by atoms with Crippen LogP contribution < -0.4 is 19.5 Å². The summed E-state index contributed by atoms with van der Waals surface area (Å²) >= 11 is 0. The van der Waals surface area contributed by atoms with E-state index in [1.165, 1.54) is 4.90 Å². The number of amides is 2. The van der Waals surface area contributed by atoms with E-state index in [0.29, 0.717) is 48.7 Å². The Morgan fingerprint density at radius 1 is 0.690 bits per heavy atom. The minimum absolute atomic E-state index is 0.135. The van der Waals surface area contributed by atoms with Crippen LogP contribution in [0.3, 0.4) is 0 Å². The Kier molecular flexibility index (Phi) is 9.57. The van der Waals surface area contributed by atoms with Crippen molar-refractivity contribution >= 4 is 12.0 Å². The molecule has 0 aliphatic carbocycles. The van der Waals surface area contributed by atoms with Crippen LogP contribution in [0.4, 0.5) is 4.79 Å². The first-order valence-electron chi connectivity index (χ1n) is 14.0. The molecule has 1 fully saturated rings. The molecule has 5 rings (SSSR count). The number of carbonyl (C=O) groups excluding carboxylic acids is 1. The van der Waals surface area contributed by atoms with Crippen molar-refractivity contribution in [3.05, 3.63) is 125 Å². The highest BCUT2D eigenvalue weighted by Crippen LogP contribution is 2.40. The predicted octanol–water partition coefficient (Wildman–Crippen LogP) is 6.30. The zero-order valence-electron chi connectivity index (χ0n) is 23.3. The van der Waals surface area contributed by atoms with Crippen molar-refractivity contribution in [1.29, 1.82) is 0 Å². The van der Waals surface area contributed by atoms with Gasteiger partial charge in [-0.25, -0.2) is 4.79 Å². The zero-order valence-corrected chi connectivity index (χ0v) is 23.3. The summed E-state index contributed by atoms with van der Waals surface area (Å²) in [6.07, 6.45) is 0.155. The molecule has 2 N–H and O–H groups in total. The zero-order chi connectivity index (χ0) is 29.1. The van der Waals surface area contributed by atoms with Crippen molar-refractivity contribution in [3.8, 4) is 17.2 Å². The second-order valence-electron chi connectivity index (χ2n) is 10.1. The van der Waals surface area contributed by atoms with Gasteiger partial charge in [-0.2, -0.15) is 0 Å². The molecule has 0 unspecified atom stereocenters. The molecule has 0 spiro atoms. The highest BCUT2D eigenvalue weighted by Gasteiger charge is 2.25. The molecular weight excluding hydrogens is 532 g/mol. The maximum atomic E-state index is 13.5. The molecule has 4 aromatic carbocycles. The van der Waals surface area contributed by atoms with Gasteiger partial charge in [0.2, 0.25) is 5.75 Å². The number of carboxylic acid groups (broad SMARTS) is 1. The third kappa shape index (κ3) is 7.81. The van der Waals surface area contributed by atoms with Crippen LogP contribution in [-0.4, -0.2) is 41.1 Å². The van der Waals surface area contributed by atoms with Gasteiger partial charge in [-0.1, -0.05) is 91.0 Å². The lowest BCUT2D eigenvalue weighted by atomic mass is 10.0. The molecule has 0 radical (unpaired) electrons. The summed E-state index contributed by atoms with van der Waals surface area (Å²) in [4.78, 5) is 26.1. The van der Waals surface area contributed by atoms with Crippen molar-refractivity contribution in [2.45, 2.75) is 38.7 Å². The lowest BCUT2D eigenvalue weighted by molar-refractivity contribution is 0.0906. The number of likely N-dealkylation sites (tertiary alicyclic amines) is 1. The average molecular weight is 567 g/mol. The maximum absolute atomic E-state index is 13.5. The highest BCUT2D eigenvalue weighted by molar-refractivity contribution is 5.95. The largest absolute Gasteiger partial charge is 0.485 e. The highest BCUT2D eigenvalue weighted by atomic mass is 16.5. The van der Waals surface area contributed by atoms with Crippen molar-refractivity contribution in [3.63, 3.8) is 0 Å². The van der Waals surface area contributed by atoms with Crippen LogP contribution in [0.5, 0.6) is 17.2 Å². The second kappa shape index (κ2) is 14.1. The second-order valence-corrected chi connectivity index (χ2v) is 10.1. The molecular formula is C34H34N2O6. The number of hydrogen-bond donors (Lipinski definition) is 2. The fourth-order valence-electron chi connectivity index (χ4n) is 4.75. The summed E-state index contributed by atoms with van der Waals surface area (Å²) in [5.41, 5.74) is 3.29. The van der Waals surface area contributed by atoms with E-state index in [9.17, 15) is 14.7 Å². The number of nitrogens with zero attached hydrogens (tertiary/aromatic N) is 1. The van der Waals surface area contributed by atoms with E-state index in [1.807, 2.05) is 91.0 Å². The number of piperidine rings is 1. The van der Waals surface area contributed by atoms with Crippen LogP contribution in [0, 0.1) is 0 Å². The molecule has 42 heavy (non-hydrogen) atoms. The summed E-state index contributed by atoms with van der Waals surface area (Å²) in [6.45, 7) is 1.60. The molecule has 1 aliphatic rings. The van der Waals surface area contributed by atoms with Crippen LogP contribution >= 0.6 is 0 Å². The van der Waals surface area contributed by atoms with E-state index >= 15 is 0 Å². The van der Waals surface area contributed by atoms with Gasteiger partial charge in [-0.15, -0.1) is 0 Å². The third-order valence-corrected chi connectivity index (χ3v) is 7.08. The van der Waals surface area contributed by atoms with Gasteiger partial charge in [0.25, 0.3) is 5.91 Å². The van der Waals surface area contributed by atoms with Gasteiger partial charge < -0.3 is 29.5 Å². The van der Waals surface area contributed by atoms with Gasteiger partial charge in [0, 0.05) is 24.7 Å². The Hall–Kier alpha value is -4.98. The molecule has 0 atom stereocenters. The van der Waals surface area contributed by atoms with Gasteiger partial charge in [0.05, 0.1) is 0 Å². The first-order valence-corrected chi connectivity index (χ1v) is 14.0. The van der Waals surface area contributed by atoms with E-state index in [2.05, 4.69) is 5.32 Å². The van der Waals surface area contributed by atoms with E-state index in [1.54, 1.807) is 12.1 Å². The molecule has 2 amide bonds. The Bertz CT molecular complexity index is 1390. The Morgan fingerprint density at radius 2 is 1.12 bits per heavy atom. The molecule has 0 saturated carbocycles. The molecule has 1 aliphatic heterocycles. The van der Waals surface area contributed by atoms with Crippen molar-refractivity contribution in [2.75, 3.05) is 13.1 Å². The minimum Gasteiger partial charge on any atom is -0.485 e. The predicted molar refractivity (Wildman–Crippen MR) is 159 cm³/mol. The summed E-state index contributed by atoms with van der Waals surface area (Å²) < 4.78 is 18.8. The molecule has 0 aromatic heterocycles. The topological polar surface area (TPSA) is 97.3 Å². The fourth-order valence-corrected chi connectivity index (χ4v) is 4.75. The summed E-state index contributed by atoms with van der Waals surface area (Å²) in [5, 5.41) is 12.3. The van der Waals surface area contributed by atoms with Crippen molar-refractivity contribution in [1.82, 2.24) is 10.2 Å². The Labute approximate surface area is 245 Å². The number of hydrogen-bond acceptors (Lipinski definition) is 5. The number of nitrogens with one attached hydrogen (secondary N) is 1. The van der Waals surface area contributed by atoms with Crippen LogP contribution in [0.1, 0.15) is 39.9 Å². The van der Waals surface area contributed by atoms with Crippen LogP contribution in [-0.2, 0) is 19.8 Å². The first kappa shape index (κ1) is 28.5. The summed E-state index contributed by atoms with van der Waals surface area (Å²) in [6, 6.07) is 32.6. The fraction of sp³-hybridized carbons (Fsp3) is 0.235. The summed E-state index contributed by atoms with van der Waals surface area (Å²) in [7, 11) is 0. The monoisotopic (exact) mass is 566 g/mol. The smallest absolute Gasteiger partial charge is 0.407 e. The van der Waals surface area contributed by atoms with E-state index in [0.717, 1.165) is 16.7 Å². The standard InChI is InChI=1S/C34H34N2O6/c37-33(35-29-16-18-36(19-17-29)34(38)39)28-20-30(40-22-25-10-4-1-5-11-25)32(42-24-27-14-8-3-9-15-27)31(21-28)41-23-26-12-6-2-7-13-26/h1-15,20-21,29H,16-19,22-24H2,(H,35,37)(H,38,39). The van der Waals surface area contributed by atoms with Gasteiger partial charge in [0.15, 0.2) is 11.5 Å². The van der Waals surface area contributed by atoms with Crippen molar-refractivity contribution < 1.29 is 28.9 Å². The molecule has 4 aromatic rings. The van der Waals surface area contributed by atoms with Gasteiger partial charge >= 0.3 is 6.09 Å². The Morgan fingerprint density at radius 3 is 1.55 bits per heavy atom. The first-order chi connectivity index (χ1) is 20.5. The lowest BCUT2D eigenvalue weighted by Gasteiger charge is -2.30. The number of ether oxygens (including phenoxy) is 3. The maximum Gasteiger partial charge on any atom is 0.407 e. The SMILES string of the molecule is O=C(NC1CCN(C(=O)O)CC1)c1cc(OCc2ccccc2)c(OCc2ccccc2)c(OCc2ccccc2)c1. The number of carbonyl (C=O) groups is 2. The molecule has 216 valence electrons. The number of rotatable bonds is 11. The Balaban J connectivity index is 1.43. The lowest BCUT2D eigenvalue weighted by Crippen LogP contribution is -2.46. The number of benzene rings is 4. The molecule has 8 nitrogen and oxygen atoms in total. The van der Waals surface area contributed by atoms with Gasteiger partial charge in [-0.05, 0) is 41.7 Å². The molecule has 1 saturated heterocycles. The molecule has 8 heteroatoms. The van der Waals surface area contributed by atoms with E-state index in [-0.39, 0.29) is 31.8 Å².